The average Bonchev–Trinajstić information content (AvgIpc) is 2.63. The van der Waals surface area contributed by atoms with E-state index in [4.69, 9.17) is 4.74 Å². The van der Waals surface area contributed by atoms with Crippen LogP contribution in [0.4, 0.5) is 0 Å². The topological polar surface area (TPSA) is 21.3 Å². The van der Waals surface area contributed by atoms with E-state index in [1.54, 1.807) is 0 Å². The van der Waals surface area contributed by atoms with Crippen LogP contribution in [0.15, 0.2) is 0 Å². The van der Waals surface area contributed by atoms with E-state index in [1.807, 2.05) is 0 Å². The molecule has 2 fully saturated rings. The van der Waals surface area contributed by atoms with Crippen LogP contribution in [-0.4, -0.2) is 25.3 Å². The third-order valence-electron chi connectivity index (χ3n) is 3.80. The molecule has 0 amide bonds. The molecule has 1 saturated carbocycles. The maximum atomic E-state index is 5.45. The van der Waals surface area contributed by atoms with Crippen molar-refractivity contribution in [3.63, 3.8) is 0 Å². The van der Waals surface area contributed by atoms with Crippen molar-refractivity contribution in [3.8, 4) is 0 Å². The molecule has 2 rings (SSSR count). The zero-order valence-corrected chi connectivity index (χ0v) is 9.46. The molecule has 0 spiro atoms. The van der Waals surface area contributed by atoms with Gasteiger partial charge in [0.15, 0.2) is 0 Å². The first kappa shape index (κ1) is 10.4. The van der Waals surface area contributed by atoms with E-state index in [0.717, 1.165) is 31.1 Å². The summed E-state index contributed by atoms with van der Waals surface area (Å²) in [4.78, 5) is 0. The molecule has 0 radical (unpaired) electrons. The number of rotatable bonds is 4. The van der Waals surface area contributed by atoms with Crippen molar-refractivity contribution in [3.05, 3.63) is 0 Å². The lowest BCUT2D eigenvalue weighted by Gasteiger charge is -2.37. The third kappa shape index (κ3) is 2.29. The molecule has 1 N–H and O–H groups in total. The molecule has 82 valence electrons. The predicted molar refractivity (Wildman–Crippen MR) is 58.3 cm³/mol. The Morgan fingerprint density at radius 2 is 2.21 bits per heavy atom. The quantitative estimate of drug-likeness (QED) is 0.746. The molecule has 1 aliphatic carbocycles. The summed E-state index contributed by atoms with van der Waals surface area (Å²) in [5.41, 5.74) is 0. The lowest BCUT2D eigenvalue weighted by Crippen LogP contribution is -2.48. The molecule has 1 saturated heterocycles. The van der Waals surface area contributed by atoms with Crippen molar-refractivity contribution in [2.45, 2.75) is 51.6 Å². The number of nitrogens with one attached hydrogen (secondary N) is 1. The van der Waals surface area contributed by atoms with Gasteiger partial charge in [-0.3, -0.25) is 0 Å². The normalized spacial score (nSPS) is 39.4. The molecule has 1 aliphatic heterocycles. The summed E-state index contributed by atoms with van der Waals surface area (Å²) in [7, 11) is 0. The molecule has 2 aliphatic rings. The minimum atomic E-state index is 0.704. The van der Waals surface area contributed by atoms with Crippen LogP contribution >= 0.6 is 0 Å². The fourth-order valence-corrected chi connectivity index (χ4v) is 2.80. The maximum Gasteiger partial charge on any atom is 0.0510 e. The molecule has 2 heteroatoms. The Morgan fingerprint density at radius 1 is 1.43 bits per heavy atom. The largest absolute Gasteiger partial charge is 0.381 e. The lowest BCUT2D eigenvalue weighted by molar-refractivity contribution is 0.158. The summed E-state index contributed by atoms with van der Waals surface area (Å²) >= 11 is 0. The van der Waals surface area contributed by atoms with Gasteiger partial charge in [-0.25, -0.2) is 0 Å². The molecule has 2 unspecified atom stereocenters. The van der Waals surface area contributed by atoms with Crippen molar-refractivity contribution >= 4 is 0 Å². The standard InChI is InChI=1S/C12H23NO/c1-3-12(10-4-5-14-8-10)13-11-6-9(2)7-11/h9-13H,3-8H2,1-2H3. The molecule has 0 aromatic heterocycles. The lowest BCUT2D eigenvalue weighted by atomic mass is 9.80. The van der Waals surface area contributed by atoms with Gasteiger partial charge in [0.05, 0.1) is 6.61 Å². The molecular formula is C12H23NO. The first-order valence-corrected chi connectivity index (χ1v) is 6.13. The van der Waals surface area contributed by atoms with Crippen LogP contribution in [0, 0.1) is 11.8 Å². The zero-order chi connectivity index (χ0) is 9.97. The van der Waals surface area contributed by atoms with E-state index in [-0.39, 0.29) is 0 Å². The van der Waals surface area contributed by atoms with Gasteiger partial charge in [0, 0.05) is 18.7 Å². The van der Waals surface area contributed by atoms with Crippen LogP contribution < -0.4 is 5.32 Å². The number of hydrogen-bond donors (Lipinski definition) is 1. The van der Waals surface area contributed by atoms with E-state index in [2.05, 4.69) is 19.2 Å². The van der Waals surface area contributed by atoms with Crippen LogP contribution in [0.1, 0.15) is 39.5 Å². The molecule has 14 heavy (non-hydrogen) atoms. The average molecular weight is 197 g/mol. The monoisotopic (exact) mass is 197 g/mol. The molecule has 2 nitrogen and oxygen atoms in total. The Labute approximate surface area is 87.4 Å². The summed E-state index contributed by atoms with van der Waals surface area (Å²) in [5.74, 6) is 1.72. The van der Waals surface area contributed by atoms with Crippen LogP contribution in [-0.2, 0) is 4.74 Å². The van der Waals surface area contributed by atoms with Gasteiger partial charge in [-0.1, -0.05) is 13.8 Å². The number of hydrogen-bond acceptors (Lipinski definition) is 2. The molecule has 0 aromatic carbocycles. The second-order valence-electron chi connectivity index (χ2n) is 5.08. The third-order valence-corrected chi connectivity index (χ3v) is 3.80. The summed E-state index contributed by atoms with van der Waals surface area (Å²) < 4.78 is 5.45. The summed E-state index contributed by atoms with van der Waals surface area (Å²) in [6.07, 6.45) is 5.26. The Hall–Kier alpha value is -0.0800. The smallest absolute Gasteiger partial charge is 0.0510 e. The predicted octanol–water partition coefficient (Wildman–Crippen LogP) is 2.19. The maximum absolute atomic E-state index is 5.45. The fraction of sp³-hybridized carbons (Fsp3) is 1.00. The van der Waals surface area contributed by atoms with E-state index in [9.17, 15) is 0 Å². The van der Waals surface area contributed by atoms with E-state index in [0.29, 0.717) is 6.04 Å². The molecular weight excluding hydrogens is 174 g/mol. The van der Waals surface area contributed by atoms with Crippen molar-refractivity contribution < 1.29 is 4.74 Å². The van der Waals surface area contributed by atoms with Gasteiger partial charge in [-0.05, 0) is 37.5 Å². The van der Waals surface area contributed by atoms with Gasteiger partial charge in [0.25, 0.3) is 0 Å². The Bertz CT molecular complexity index is 171. The van der Waals surface area contributed by atoms with Gasteiger partial charge in [0.2, 0.25) is 0 Å². The molecule has 1 heterocycles. The second-order valence-corrected chi connectivity index (χ2v) is 5.08. The SMILES string of the molecule is CCC(NC1CC(C)C1)C1CCOC1. The first-order valence-electron chi connectivity index (χ1n) is 6.13. The highest BCUT2D eigenvalue weighted by Crippen LogP contribution is 2.28. The fourth-order valence-electron chi connectivity index (χ4n) is 2.80. The molecule has 2 atom stereocenters. The summed E-state index contributed by atoms with van der Waals surface area (Å²) in [6.45, 7) is 6.59. The molecule has 0 bridgehead atoms. The van der Waals surface area contributed by atoms with Crippen LogP contribution in [0.25, 0.3) is 0 Å². The van der Waals surface area contributed by atoms with E-state index >= 15 is 0 Å². The summed E-state index contributed by atoms with van der Waals surface area (Å²) in [6, 6.07) is 1.51. The van der Waals surface area contributed by atoms with Gasteiger partial charge >= 0.3 is 0 Å². The van der Waals surface area contributed by atoms with Crippen molar-refractivity contribution in [1.82, 2.24) is 5.32 Å². The van der Waals surface area contributed by atoms with Crippen molar-refractivity contribution in [2.75, 3.05) is 13.2 Å². The minimum Gasteiger partial charge on any atom is -0.381 e. The van der Waals surface area contributed by atoms with Crippen molar-refractivity contribution in [2.24, 2.45) is 11.8 Å². The van der Waals surface area contributed by atoms with Crippen LogP contribution in [0.3, 0.4) is 0 Å². The van der Waals surface area contributed by atoms with E-state index < -0.39 is 0 Å². The van der Waals surface area contributed by atoms with Gasteiger partial charge in [0.1, 0.15) is 0 Å². The van der Waals surface area contributed by atoms with Gasteiger partial charge < -0.3 is 10.1 Å². The van der Waals surface area contributed by atoms with Crippen LogP contribution in [0.2, 0.25) is 0 Å². The Kier molecular flexibility index (Phi) is 3.45. The highest BCUT2D eigenvalue weighted by molar-refractivity contribution is 4.88. The second kappa shape index (κ2) is 4.63. The van der Waals surface area contributed by atoms with Gasteiger partial charge in [-0.2, -0.15) is 0 Å². The molecule has 0 aromatic rings. The van der Waals surface area contributed by atoms with Crippen LogP contribution in [0.5, 0.6) is 0 Å². The zero-order valence-electron chi connectivity index (χ0n) is 9.46. The van der Waals surface area contributed by atoms with E-state index in [1.165, 1.54) is 25.7 Å². The Morgan fingerprint density at radius 3 is 2.71 bits per heavy atom. The van der Waals surface area contributed by atoms with Crippen molar-refractivity contribution in [1.29, 1.82) is 0 Å². The Balaban J connectivity index is 1.75. The highest BCUT2D eigenvalue weighted by atomic mass is 16.5. The summed E-state index contributed by atoms with van der Waals surface area (Å²) in [5, 5.41) is 3.80. The van der Waals surface area contributed by atoms with Gasteiger partial charge in [-0.15, -0.1) is 0 Å². The number of ether oxygens (including phenoxy) is 1. The minimum absolute atomic E-state index is 0.704. The first-order chi connectivity index (χ1) is 6.79. The highest BCUT2D eigenvalue weighted by Gasteiger charge is 2.31.